The van der Waals surface area contributed by atoms with Gasteiger partial charge >= 0.3 is 0 Å². The molecule has 0 aliphatic heterocycles. The number of rotatable bonds is 12. The third-order valence-electron chi connectivity index (χ3n) is 6.55. The number of hydrogen-bond acceptors (Lipinski definition) is 7. The molecule has 11 nitrogen and oxygen atoms in total. The molecule has 0 spiro atoms. The van der Waals surface area contributed by atoms with E-state index in [-0.39, 0.29) is 35.0 Å². The molecule has 0 unspecified atom stereocenters. The van der Waals surface area contributed by atoms with E-state index >= 15 is 0 Å². The average molecular weight is 638 g/mol. The molecule has 42 heavy (non-hydrogen) atoms. The Morgan fingerprint density at radius 2 is 1.69 bits per heavy atom. The maximum Gasteiger partial charge on any atom is 0.273 e. The van der Waals surface area contributed by atoms with Crippen LogP contribution in [0.15, 0.2) is 65.6 Å². The topological polar surface area (TPSA) is 139 Å². The van der Waals surface area contributed by atoms with Crippen LogP contribution in [0.5, 0.6) is 5.75 Å². The molecule has 0 aromatic heterocycles. The van der Waals surface area contributed by atoms with Gasteiger partial charge < -0.3 is 15.0 Å². The first-order chi connectivity index (χ1) is 19.8. The molecule has 0 aliphatic carbocycles. The standard InChI is InChI=1S/C28H30Cl2N4O7S/c1-5-23(28(36)31-3)32(16-19-7-9-20(29)10-8-19)27(35)17-33(25-14-21(30)11-13-26(25)41-4)42(39,40)22-12-6-18(2)24(15-22)34(37)38/h6-15,23H,5,16-17H2,1-4H3,(H,31,36)/t23-/m0/s1. The maximum absolute atomic E-state index is 14.1. The van der Waals surface area contributed by atoms with Gasteiger partial charge in [0.2, 0.25) is 11.8 Å². The summed E-state index contributed by atoms with van der Waals surface area (Å²) < 4.78 is 34.4. The third-order valence-corrected chi connectivity index (χ3v) is 8.80. The number of carbonyl (C=O) groups excluding carboxylic acids is 2. The number of anilines is 1. The lowest BCUT2D eigenvalue weighted by Gasteiger charge is -2.33. The maximum atomic E-state index is 14.1. The lowest BCUT2D eigenvalue weighted by molar-refractivity contribution is -0.385. The number of nitro benzene ring substituents is 1. The van der Waals surface area contributed by atoms with Crippen LogP contribution in [0.3, 0.4) is 0 Å². The van der Waals surface area contributed by atoms with Crippen molar-refractivity contribution in [1.82, 2.24) is 10.2 Å². The van der Waals surface area contributed by atoms with Gasteiger partial charge in [-0.25, -0.2) is 8.42 Å². The van der Waals surface area contributed by atoms with E-state index in [0.29, 0.717) is 10.6 Å². The van der Waals surface area contributed by atoms with E-state index in [4.69, 9.17) is 27.9 Å². The minimum absolute atomic E-state index is 0.0293. The Bertz CT molecular complexity index is 1580. The highest BCUT2D eigenvalue weighted by molar-refractivity contribution is 7.92. The average Bonchev–Trinajstić information content (AvgIpc) is 2.96. The number of ether oxygens (including phenoxy) is 1. The molecular formula is C28H30Cl2N4O7S. The van der Waals surface area contributed by atoms with Gasteiger partial charge in [0.05, 0.1) is 22.6 Å². The second-order valence-electron chi connectivity index (χ2n) is 9.22. The van der Waals surface area contributed by atoms with Gasteiger partial charge in [0, 0.05) is 35.3 Å². The highest BCUT2D eigenvalue weighted by atomic mass is 35.5. The molecule has 3 aromatic rings. The number of sulfonamides is 1. The van der Waals surface area contributed by atoms with Crippen molar-refractivity contribution in [3.05, 3.63) is 92.0 Å². The first-order valence-electron chi connectivity index (χ1n) is 12.7. The summed E-state index contributed by atoms with van der Waals surface area (Å²) in [6, 6.07) is 13.4. The summed E-state index contributed by atoms with van der Waals surface area (Å²) in [4.78, 5) is 38.6. The van der Waals surface area contributed by atoms with Crippen molar-refractivity contribution in [2.24, 2.45) is 0 Å². The van der Waals surface area contributed by atoms with Gasteiger partial charge in [-0.1, -0.05) is 48.3 Å². The van der Waals surface area contributed by atoms with Crippen molar-refractivity contribution in [1.29, 1.82) is 0 Å². The predicted octanol–water partition coefficient (Wildman–Crippen LogP) is 4.97. The minimum atomic E-state index is -4.62. The molecule has 2 amide bonds. The van der Waals surface area contributed by atoms with E-state index in [0.717, 1.165) is 10.4 Å². The van der Waals surface area contributed by atoms with E-state index in [1.807, 2.05) is 0 Å². The Kier molecular flexibility index (Phi) is 10.8. The van der Waals surface area contributed by atoms with Gasteiger partial charge in [0.15, 0.2) is 0 Å². The highest BCUT2D eigenvalue weighted by Gasteiger charge is 2.35. The molecule has 0 bridgehead atoms. The van der Waals surface area contributed by atoms with Crippen molar-refractivity contribution >= 4 is 56.4 Å². The van der Waals surface area contributed by atoms with Crippen LogP contribution >= 0.6 is 23.2 Å². The van der Waals surface area contributed by atoms with Gasteiger partial charge in [-0.15, -0.1) is 0 Å². The number of amides is 2. The highest BCUT2D eigenvalue weighted by Crippen LogP contribution is 2.36. The Morgan fingerprint density at radius 3 is 2.26 bits per heavy atom. The fourth-order valence-corrected chi connectivity index (χ4v) is 6.05. The van der Waals surface area contributed by atoms with Crippen molar-refractivity contribution in [2.75, 3.05) is 25.0 Å². The third kappa shape index (κ3) is 7.30. The zero-order valence-corrected chi connectivity index (χ0v) is 25.7. The molecular weight excluding hydrogens is 607 g/mol. The van der Waals surface area contributed by atoms with Gasteiger partial charge in [-0.3, -0.25) is 24.0 Å². The van der Waals surface area contributed by atoms with Crippen LogP contribution in [-0.4, -0.2) is 56.8 Å². The summed E-state index contributed by atoms with van der Waals surface area (Å²) in [5, 5.41) is 14.8. The number of nitrogens with one attached hydrogen (secondary N) is 1. The quantitative estimate of drug-likeness (QED) is 0.219. The molecule has 1 N–H and O–H groups in total. The van der Waals surface area contributed by atoms with Gasteiger partial charge in [-0.05, 0) is 55.3 Å². The van der Waals surface area contributed by atoms with Crippen LogP contribution in [0.25, 0.3) is 0 Å². The zero-order chi connectivity index (χ0) is 31.2. The summed E-state index contributed by atoms with van der Waals surface area (Å²) >= 11 is 12.2. The summed E-state index contributed by atoms with van der Waals surface area (Å²) in [5.74, 6) is -1.07. The first-order valence-corrected chi connectivity index (χ1v) is 14.9. The molecule has 0 heterocycles. The molecule has 0 radical (unpaired) electrons. The minimum Gasteiger partial charge on any atom is -0.495 e. The number of aryl methyl sites for hydroxylation is 1. The SMILES string of the molecule is CC[C@@H](C(=O)NC)N(Cc1ccc(Cl)cc1)C(=O)CN(c1cc(Cl)ccc1OC)S(=O)(=O)c1ccc(C)c([N+](=O)[O-])c1. The Labute approximate surface area is 254 Å². The van der Waals surface area contributed by atoms with Crippen molar-refractivity contribution < 1.29 is 27.7 Å². The fraction of sp³-hybridized carbons (Fsp3) is 0.286. The number of hydrogen-bond donors (Lipinski definition) is 1. The Morgan fingerprint density at radius 1 is 1.05 bits per heavy atom. The monoisotopic (exact) mass is 636 g/mol. The van der Waals surface area contributed by atoms with Crippen molar-refractivity contribution in [3.63, 3.8) is 0 Å². The number of nitrogens with zero attached hydrogens (tertiary/aromatic N) is 3. The van der Waals surface area contributed by atoms with Crippen LogP contribution in [0.4, 0.5) is 11.4 Å². The van der Waals surface area contributed by atoms with Crippen LogP contribution < -0.4 is 14.4 Å². The lowest BCUT2D eigenvalue weighted by Crippen LogP contribution is -2.51. The first kappa shape index (κ1) is 32.6. The number of likely N-dealkylation sites (N-methyl/N-ethyl adjacent to an activating group) is 1. The second-order valence-corrected chi connectivity index (χ2v) is 12.0. The van der Waals surface area contributed by atoms with E-state index in [2.05, 4.69) is 5.32 Å². The van der Waals surface area contributed by atoms with E-state index in [1.165, 1.54) is 56.3 Å². The molecule has 0 aliphatic rings. The number of carbonyl (C=O) groups is 2. The number of nitro groups is 1. The van der Waals surface area contributed by atoms with Gasteiger partial charge in [-0.2, -0.15) is 0 Å². The zero-order valence-electron chi connectivity index (χ0n) is 23.3. The molecule has 0 saturated heterocycles. The number of methoxy groups -OCH3 is 1. The number of halogens is 2. The second kappa shape index (κ2) is 13.9. The Balaban J connectivity index is 2.18. The summed E-state index contributed by atoms with van der Waals surface area (Å²) in [6.07, 6.45) is 0.233. The van der Waals surface area contributed by atoms with Crippen molar-refractivity contribution in [3.8, 4) is 5.75 Å². The van der Waals surface area contributed by atoms with Crippen molar-refractivity contribution in [2.45, 2.75) is 37.8 Å². The molecule has 224 valence electrons. The molecule has 0 saturated carbocycles. The predicted molar refractivity (Wildman–Crippen MR) is 161 cm³/mol. The Hall–Kier alpha value is -3.87. The van der Waals surface area contributed by atoms with E-state index in [9.17, 15) is 28.1 Å². The largest absolute Gasteiger partial charge is 0.495 e. The summed E-state index contributed by atoms with van der Waals surface area (Å²) in [6.45, 7) is 2.40. The van der Waals surface area contributed by atoms with Gasteiger partial charge in [0.1, 0.15) is 18.3 Å². The molecule has 3 rings (SSSR count). The smallest absolute Gasteiger partial charge is 0.273 e. The van der Waals surface area contributed by atoms with E-state index in [1.54, 1.807) is 31.2 Å². The summed E-state index contributed by atoms with van der Waals surface area (Å²) in [5.41, 5.74) is 0.433. The fourth-order valence-electron chi connectivity index (χ4n) is 4.32. The molecule has 3 aromatic carbocycles. The molecule has 14 heteroatoms. The molecule has 1 atom stereocenters. The normalized spacial score (nSPS) is 11.9. The summed E-state index contributed by atoms with van der Waals surface area (Å²) in [7, 11) is -1.86. The van der Waals surface area contributed by atoms with Crippen LogP contribution in [0, 0.1) is 17.0 Å². The molecule has 0 fully saturated rings. The lowest BCUT2D eigenvalue weighted by atomic mass is 10.1. The van der Waals surface area contributed by atoms with Gasteiger partial charge in [0.25, 0.3) is 15.7 Å². The van der Waals surface area contributed by atoms with E-state index < -0.39 is 49.9 Å². The number of benzene rings is 3. The van der Waals surface area contributed by atoms with Crippen LogP contribution in [0.2, 0.25) is 10.0 Å². The van der Waals surface area contributed by atoms with Crippen LogP contribution in [0.1, 0.15) is 24.5 Å². The van der Waals surface area contributed by atoms with Crippen LogP contribution in [-0.2, 0) is 26.2 Å².